The van der Waals surface area contributed by atoms with E-state index in [1.807, 2.05) is 6.20 Å². The third kappa shape index (κ3) is 1.88. The topological polar surface area (TPSA) is 41.0 Å². The van der Waals surface area contributed by atoms with Gasteiger partial charge in [0.2, 0.25) is 0 Å². The van der Waals surface area contributed by atoms with Crippen LogP contribution in [-0.2, 0) is 13.2 Å². The molecule has 0 radical (unpaired) electrons. The van der Waals surface area contributed by atoms with Gasteiger partial charge in [-0.05, 0) is 36.9 Å². The summed E-state index contributed by atoms with van der Waals surface area (Å²) in [7, 11) is 0. The van der Waals surface area contributed by atoms with E-state index in [1.54, 1.807) is 0 Å². The van der Waals surface area contributed by atoms with Gasteiger partial charge in [-0.3, -0.25) is 0 Å². The molecular weight excluding hydrogens is 208 g/mol. The minimum Gasteiger partial charge on any atom is -0.390 e. The van der Waals surface area contributed by atoms with E-state index >= 15 is 0 Å². The van der Waals surface area contributed by atoms with Gasteiger partial charge in [-0.25, -0.2) is 0 Å². The molecule has 4 heteroatoms. The molecular formula is C11H18N2OS. The Kier molecular flexibility index (Phi) is 2.98. The van der Waals surface area contributed by atoms with Crippen molar-refractivity contribution >= 4 is 12.2 Å². The summed E-state index contributed by atoms with van der Waals surface area (Å²) < 4.78 is 2.79. The second-order valence-corrected chi connectivity index (χ2v) is 4.92. The van der Waals surface area contributed by atoms with Gasteiger partial charge in [0.25, 0.3) is 0 Å². The number of imidazole rings is 1. The highest BCUT2D eigenvalue weighted by molar-refractivity contribution is 7.71. The first-order valence-corrected chi connectivity index (χ1v) is 5.99. The average Bonchev–Trinajstić information content (AvgIpc) is 2.53. The van der Waals surface area contributed by atoms with Gasteiger partial charge in [0.05, 0.1) is 12.3 Å². The summed E-state index contributed by atoms with van der Waals surface area (Å²) in [6.45, 7) is 3.27. The highest BCUT2D eigenvalue weighted by Gasteiger charge is 2.35. The molecule has 1 aliphatic carbocycles. The zero-order valence-electron chi connectivity index (χ0n) is 9.12. The fourth-order valence-electron chi connectivity index (χ4n) is 2.37. The van der Waals surface area contributed by atoms with E-state index in [9.17, 15) is 5.11 Å². The SMILES string of the molecule is CCC1(Cn2c(CO)c[nH]c2=S)CCC1. The van der Waals surface area contributed by atoms with Crippen LogP contribution in [0.1, 0.15) is 38.3 Å². The number of aliphatic hydroxyl groups excluding tert-OH is 1. The molecule has 0 unspecified atom stereocenters. The molecule has 1 saturated carbocycles. The van der Waals surface area contributed by atoms with Crippen molar-refractivity contribution in [1.82, 2.24) is 9.55 Å². The van der Waals surface area contributed by atoms with Gasteiger partial charge in [-0.2, -0.15) is 0 Å². The van der Waals surface area contributed by atoms with Crippen LogP contribution in [0.4, 0.5) is 0 Å². The summed E-state index contributed by atoms with van der Waals surface area (Å²) >= 11 is 5.22. The fourth-order valence-corrected chi connectivity index (χ4v) is 2.61. The van der Waals surface area contributed by atoms with Crippen LogP contribution >= 0.6 is 12.2 Å². The van der Waals surface area contributed by atoms with E-state index in [-0.39, 0.29) is 6.61 Å². The van der Waals surface area contributed by atoms with Crippen molar-refractivity contribution in [3.63, 3.8) is 0 Å². The first-order chi connectivity index (χ1) is 7.21. The van der Waals surface area contributed by atoms with Crippen molar-refractivity contribution in [3.8, 4) is 0 Å². The van der Waals surface area contributed by atoms with Crippen LogP contribution in [-0.4, -0.2) is 14.7 Å². The van der Waals surface area contributed by atoms with Crippen molar-refractivity contribution in [2.75, 3.05) is 0 Å². The van der Waals surface area contributed by atoms with Crippen molar-refractivity contribution in [2.24, 2.45) is 5.41 Å². The lowest BCUT2D eigenvalue weighted by molar-refractivity contribution is 0.0965. The van der Waals surface area contributed by atoms with Gasteiger partial charge in [0.15, 0.2) is 4.77 Å². The number of nitrogens with one attached hydrogen (secondary N) is 1. The number of aliphatic hydroxyl groups is 1. The number of aromatic nitrogens is 2. The molecule has 0 atom stereocenters. The molecule has 1 aromatic rings. The zero-order valence-corrected chi connectivity index (χ0v) is 9.94. The maximum absolute atomic E-state index is 9.20. The summed E-state index contributed by atoms with van der Waals surface area (Å²) in [5, 5.41) is 9.20. The fraction of sp³-hybridized carbons (Fsp3) is 0.727. The molecule has 2 rings (SSSR count). The van der Waals surface area contributed by atoms with Crippen molar-refractivity contribution < 1.29 is 5.11 Å². The predicted molar refractivity (Wildman–Crippen MR) is 62.1 cm³/mol. The van der Waals surface area contributed by atoms with E-state index in [1.165, 1.54) is 25.7 Å². The molecule has 0 aromatic carbocycles. The van der Waals surface area contributed by atoms with Gasteiger partial charge >= 0.3 is 0 Å². The maximum Gasteiger partial charge on any atom is 0.177 e. The van der Waals surface area contributed by atoms with Crippen molar-refractivity contribution in [3.05, 3.63) is 16.7 Å². The summed E-state index contributed by atoms with van der Waals surface area (Å²) in [5.74, 6) is 0. The van der Waals surface area contributed by atoms with E-state index in [4.69, 9.17) is 12.2 Å². The van der Waals surface area contributed by atoms with Crippen LogP contribution in [0.2, 0.25) is 0 Å². The molecule has 15 heavy (non-hydrogen) atoms. The van der Waals surface area contributed by atoms with Gasteiger partial charge in [-0.1, -0.05) is 13.3 Å². The van der Waals surface area contributed by atoms with E-state index in [0.29, 0.717) is 5.41 Å². The quantitative estimate of drug-likeness (QED) is 0.775. The Labute approximate surface area is 95.1 Å². The van der Waals surface area contributed by atoms with Gasteiger partial charge in [0.1, 0.15) is 0 Å². The van der Waals surface area contributed by atoms with E-state index in [0.717, 1.165) is 17.0 Å². The standard InChI is InChI=1S/C11H18N2OS/c1-2-11(4-3-5-11)8-13-9(7-14)6-12-10(13)15/h6,14H,2-5,7-8H2,1H3,(H,12,15). The molecule has 84 valence electrons. The lowest BCUT2D eigenvalue weighted by Crippen LogP contribution is -2.34. The highest BCUT2D eigenvalue weighted by atomic mass is 32.1. The average molecular weight is 226 g/mol. The Balaban J connectivity index is 2.22. The minimum absolute atomic E-state index is 0.0624. The van der Waals surface area contributed by atoms with Crippen LogP contribution in [0.3, 0.4) is 0 Å². The molecule has 0 bridgehead atoms. The number of hydrogen-bond acceptors (Lipinski definition) is 2. The molecule has 1 heterocycles. The third-order valence-electron chi connectivity index (χ3n) is 3.77. The molecule has 3 nitrogen and oxygen atoms in total. The Morgan fingerprint density at radius 3 is 2.80 bits per heavy atom. The van der Waals surface area contributed by atoms with Crippen LogP contribution in [0.15, 0.2) is 6.20 Å². The van der Waals surface area contributed by atoms with Crippen LogP contribution in [0.25, 0.3) is 0 Å². The van der Waals surface area contributed by atoms with Crippen LogP contribution in [0.5, 0.6) is 0 Å². The van der Waals surface area contributed by atoms with Crippen LogP contribution < -0.4 is 0 Å². The number of hydrogen-bond donors (Lipinski definition) is 2. The van der Waals surface area contributed by atoms with Crippen molar-refractivity contribution in [2.45, 2.75) is 45.8 Å². The normalized spacial score (nSPS) is 18.8. The summed E-state index contributed by atoms with van der Waals surface area (Å²) in [5.41, 5.74) is 1.34. The van der Waals surface area contributed by atoms with Gasteiger partial charge in [0, 0.05) is 12.7 Å². The van der Waals surface area contributed by atoms with E-state index in [2.05, 4.69) is 16.5 Å². The summed E-state index contributed by atoms with van der Waals surface area (Å²) in [6, 6.07) is 0. The molecule has 1 aromatic heterocycles. The van der Waals surface area contributed by atoms with Gasteiger partial charge in [-0.15, -0.1) is 0 Å². The Morgan fingerprint density at radius 2 is 2.33 bits per heavy atom. The summed E-state index contributed by atoms with van der Waals surface area (Å²) in [4.78, 5) is 3.00. The van der Waals surface area contributed by atoms with Crippen LogP contribution in [0, 0.1) is 10.2 Å². The third-order valence-corrected chi connectivity index (χ3v) is 4.11. The number of rotatable bonds is 4. The predicted octanol–water partition coefficient (Wildman–Crippen LogP) is 2.62. The first-order valence-electron chi connectivity index (χ1n) is 5.59. The first kappa shape index (κ1) is 10.9. The Morgan fingerprint density at radius 1 is 1.60 bits per heavy atom. The number of nitrogens with zero attached hydrogens (tertiary/aromatic N) is 1. The molecule has 0 saturated heterocycles. The number of aromatic amines is 1. The molecule has 0 spiro atoms. The second kappa shape index (κ2) is 4.10. The molecule has 0 aliphatic heterocycles. The minimum atomic E-state index is 0.0624. The maximum atomic E-state index is 9.20. The Hall–Kier alpha value is -0.610. The second-order valence-electron chi connectivity index (χ2n) is 4.54. The number of H-pyrrole nitrogens is 1. The highest BCUT2D eigenvalue weighted by Crippen LogP contribution is 2.45. The summed E-state index contributed by atoms with van der Waals surface area (Å²) in [6.07, 6.45) is 6.93. The lowest BCUT2D eigenvalue weighted by Gasteiger charge is -2.41. The molecule has 2 N–H and O–H groups in total. The van der Waals surface area contributed by atoms with E-state index < -0.39 is 0 Å². The molecule has 1 fully saturated rings. The monoisotopic (exact) mass is 226 g/mol. The zero-order chi connectivity index (χ0) is 10.9. The molecule has 0 amide bonds. The largest absolute Gasteiger partial charge is 0.390 e. The lowest BCUT2D eigenvalue weighted by atomic mass is 9.67. The van der Waals surface area contributed by atoms with Gasteiger partial charge < -0.3 is 14.7 Å². The smallest absolute Gasteiger partial charge is 0.177 e. The Bertz CT molecular complexity index is 384. The van der Waals surface area contributed by atoms with Crippen molar-refractivity contribution in [1.29, 1.82) is 0 Å². The molecule has 1 aliphatic rings.